The van der Waals surface area contributed by atoms with E-state index in [0.29, 0.717) is 5.56 Å². The van der Waals surface area contributed by atoms with Crippen molar-refractivity contribution in [3.8, 4) is 0 Å². The van der Waals surface area contributed by atoms with Crippen LogP contribution < -0.4 is 0 Å². The van der Waals surface area contributed by atoms with Gasteiger partial charge in [-0.05, 0) is 40.2 Å². The van der Waals surface area contributed by atoms with E-state index in [0.717, 1.165) is 9.35 Å². The fourth-order valence-electron chi connectivity index (χ4n) is 1.80. The van der Waals surface area contributed by atoms with Gasteiger partial charge in [-0.15, -0.1) is 11.3 Å². The topological polar surface area (TPSA) is 81.8 Å². The van der Waals surface area contributed by atoms with Gasteiger partial charge in [0.05, 0.1) is 4.92 Å². The summed E-state index contributed by atoms with van der Waals surface area (Å²) in [6, 6.07) is 7.53. The lowest BCUT2D eigenvalue weighted by molar-refractivity contribution is -0.384. The molecule has 0 radical (unpaired) electrons. The number of carbonyl (C=O) groups is 1. The number of benzene rings is 1. The molecule has 2 heterocycles. The molecule has 1 aromatic carbocycles. The molecule has 0 unspecified atom stereocenters. The summed E-state index contributed by atoms with van der Waals surface area (Å²) in [4.78, 5) is 27.0. The first kappa shape index (κ1) is 14.6. The molecular weight excluding hydrogens is 372 g/mol. The predicted molar refractivity (Wildman–Crippen MR) is 85.7 cm³/mol. The first-order valence-corrected chi connectivity index (χ1v) is 7.71. The highest BCUT2D eigenvalue weighted by Crippen LogP contribution is 2.25. The minimum atomic E-state index is -0.544. The molecule has 6 nitrogen and oxygen atoms in total. The highest BCUT2D eigenvalue weighted by Gasteiger charge is 2.24. The third-order valence-electron chi connectivity index (χ3n) is 2.81. The van der Waals surface area contributed by atoms with Crippen molar-refractivity contribution in [2.45, 2.75) is 0 Å². The quantitative estimate of drug-likeness (QED) is 0.352. The number of ether oxygens (including phenoxy) is 1. The number of nitrogens with zero attached hydrogens (tertiary/aromatic N) is 2. The minimum absolute atomic E-state index is 0.0344. The second-order valence-corrected chi connectivity index (χ2v) is 6.17. The second kappa shape index (κ2) is 5.82. The van der Waals surface area contributed by atoms with E-state index in [1.165, 1.54) is 35.6 Å². The highest BCUT2D eigenvalue weighted by molar-refractivity contribution is 9.10. The standard InChI is InChI=1S/C14H7BrN2O4S/c15-9-5-11(22-7-9)6-12-14(18)21-13(16-12)8-1-3-10(4-2-8)17(19)20/h1-7H/b12-6-. The Labute approximate surface area is 137 Å². The largest absolute Gasteiger partial charge is 0.402 e. The van der Waals surface area contributed by atoms with Crippen LogP contribution in [0.15, 0.2) is 50.9 Å². The van der Waals surface area contributed by atoms with Crippen LogP contribution in [0, 0.1) is 10.1 Å². The molecule has 0 atom stereocenters. The number of non-ortho nitro benzene ring substituents is 1. The first-order chi connectivity index (χ1) is 10.5. The Morgan fingerprint density at radius 3 is 2.64 bits per heavy atom. The van der Waals surface area contributed by atoms with Crippen molar-refractivity contribution in [2.24, 2.45) is 4.99 Å². The Kier molecular flexibility index (Phi) is 3.86. The minimum Gasteiger partial charge on any atom is -0.402 e. The Morgan fingerprint density at radius 1 is 1.32 bits per heavy atom. The van der Waals surface area contributed by atoms with E-state index in [2.05, 4.69) is 20.9 Å². The van der Waals surface area contributed by atoms with Crippen molar-refractivity contribution in [3.63, 3.8) is 0 Å². The number of thiophene rings is 1. The molecule has 0 saturated carbocycles. The molecular formula is C14H7BrN2O4S. The van der Waals surface area contributed by atoms with Gasteiger partial charge in [-0.1, -0.05) is 0 Å². The number of carbonyl (C=O) groups excluding carboxylic acids is 1. The van der Waals surface area contributed by atoms with Crippen LogP contribution in [0.5, 0.6) is 0 Å². The van der Waals surface area contributed by atoms with Gasteiger partial charge < -0.3 is 4.74 Å². The summed E-state index contributed by atoms with van der Waals surface area (Å²) in [5.74, 6) is -0.403. The molecule has 0 aliphatic carbocycles. The summed E-state index contributed by atoms with van der Waals surface area (Å²) >= 11 is 4.80. The van der Waals surface area contributed by atoms with Crippen molar-refractivity contribution in [1.29, 1.82) is 0 Å². The predicted octanol–water partition coefficient (Wildman–Crippen LogP) is 3.76. The molecule has 0 bridgehead atoms. The number of hydrogen-bond acceptors (Lipinski definition) is 6. The molecule has 1 aromatic heterocycles. The van der Waals surface area contributed by atoms with Gasteiger partial charge in [-0.25, -0.2) is 9.79 Å². The number of cyclic esters (lactones) is 1. The van der Waals surface area contributed by atoms with Crippen LogP contribution in [0.25, 0.3) is 6.08 Å². The fourth-order valence-corrected chi connectivity index (χ4v) is 3.17. The van der Waals surface area contributed by atoms with E-state index < -0.39 is 10.9 Å². The van der Waals surface area contributed by atoms with Gasteiger partial charge in [0, 0.05) is 32.4 Å². The maximum Gasteiger partial charge on any atom is 0.363 e. The zero-order valence-corrected chi connectivity index (χ0v) is 13.3. The van der Waals surface area contributed by atoms with E-state index in [-0.39, 0.29) is 17.3 Å². The van der Waals surface area contributed by atoms with Gasteiger partial charge in [0.15, 0.2) is 5.70 Å². The van der Waals surface area contributed by atoms with Crippen LogP contribution in [0.1, 0.15) is 10.4 Å². The molecule has 0 fully saturated rings. The van der Waals surface area contributed by atoms with E-state index >= 15 is 0 Å². The molecule has 0 saturated heterocycles. The number of nitro benzene ring substituents is 1. The Balaban J connectivity index is 1.89. The van der Waals surface area contributed by atoms with Crippen molar-refractivity contribution < 1.29 is 14.5 Å². The van der Waals surface area contributed by atoms with Crippen LogP contribution >= 0.6 is 27.3 Å². The lowest BCUT2D eigenvalue weighted by Crippen LogP contribution is -2.05. The number of esters is 1. The van der Waals surface area contributed by atoms with Gasteiger partial charge in [0.1, 0.15) is 0 Å². The summed E-state index contributed by atoms with van der Waals surface area (Å²) in [7, 11) is 0. The van der Waals surface area contributed by atoms with Crippen molar-refractivity contribution >= 4 is 50.9 Å². The molecule has 2 aromatic rings. The lowest BCUT2D eigenvalue weighted by atomic mass is 10.2. The summed E-state index contributed by atoms with van der Waals surface area (Å²) in [5, 5.41) is 12.5. The van der Waals surface area contributed by atoms with Crippen molar-refractivity contribution in [2.75, 3.05) is 0 Å². The van der Waals surface area contributed by atoms with Gasteiger partial charge in [-0.2, -0.15) is 0 Å². The van der Waals surface area contributed by atoms with Crippen LogP contribution in [0.2, 0.25) is 0 Å². The van der Waals surface area contributed by atoms with Crippen LogP contribution in [0.4, 0.5) is 5.69 Å². The Bertz CT molecular complexity index is 824. The summed E-state index contributed by atoms with van der Waals surface area (Å²) < 4.78 is 6.03. The molecule has 0 N–H and O–H groups in total. The molecule has 110 valence electrons. The third kappa shape index (κ3) is 2.97. The van der Waals surface area contributed by atoms with E-state index in [4.69, 9.17) is 4.74 Å². The first-order valence-electron chi connectivity index (χ1n) is 6.04. The second-order valence-electron chi connectivity index (χ2n) is 4.31. The zero-order valence-electron chi connectivity index (χ0n) is 10.9. The smallest absolute Gasteiger partial charge is 0.363 e. The molecule has 0 amide bonds. The van der Waals surface area contributed by atoms with E-state index in [1.54, 1.807) is 6.08 Å². The molecule has 8 heteroatoms. The number of aliphatic imine (C=N–C) groups is 1. The number of halogens is 1. The van der Waals surface area contributed by atoms with Gasteiger partial charge in [0.25, 0.3) is 5.69 Å². The van der Waals surface area contributed by atoms with Gasteiger partial charge in [-0.3, -0.25) is 10.1 Å². The third-order valence-corrected chi connectivity index (χ3v) is 4.45. The summed E-state index contributed by atoms with van der Waals surface area (Å²) in [6.45, 7) is 0. The molecule has 3 rings (SSSR count). The Hall–Kier alpha value is -2.32. The normalized spacial score (nSPS) is 15.8. The van der Waals surface area contributed by atoms with Crippen molar-refractivity contribution in [3.05, 3.63) is 66.4 Å². The van der Waals surface area contributed by atoms with E-state index in [9.17, 15) is 14.9 Å². The average Bonchev–Trinajstić information content (AvgIpc) is 3.06. The van der Waals surface area contributed by atoms with Gasteiger partial charge in [0.2, 0.25) is 5.90 Å². The SMILES string of the molecule is O=C1OC(c2ccc([N+](=O)[O-])cc2)=N/C1=C\c1cc(Br)cs1. The molecule has 1 aliphatic heterocycles. The molecule has 1 aliphatic rings. The number of rotatable bonds is 3. The maximum absolute atomic E-state index is 11.8. The van der Waals surface area contributed by atoms with Crippen LogP contribution in [-0.4, -0.2) is 16.8 Å². The Morgan fingerprint density at radius 2 is 2.05 bits per heavy atom. The highest BCUT2D eigenvalue weighted by atomic mass is 79.9. The maximum atomic E-state index is 11.8. The van der Waals surface area contributed by atoms with E-state index in [1.807, 2.05) is 11.4 Å². The molecule has 0 spiro atoms. The van der Waals surface area contributed by atoms with Crippen LogP contribution in [0.3, 0.4) is 0 Å². The lowest BCUT2D eigenvalue weighted by Gasteiger charge is -1.98. The number of hydrogen-bond donors (Lipinski definition) is 0. The van der Waals surface area contributed by atoms with Crippen molar-refractivity contribution in [1.82, 2.24) is 0 Å². The fraction of sp³-hybridized carbons (Fsp3) is 0. The van der Waals surface area contributed by atoms with Crippen LogP contribution in [-0.2, 0) is 9.53 Å². The summed E-state index contributed by atoms with van der Waals surface area (Å²) in [6.07, 6.45) is 1.64. The average molecular weight is 379 g/mol. The molecule has 22 heavy (non-hydrogen) atoms. The van der Waals surface area contributed by atoms with Gasteiger partial charge >= 0.3 is 5.97 Å². The monoisotopic (exact) mass is 378 g/mol. The summed E-state index contributed by atoms with van der Waals surface area (Å²) in [5.41, 5.74) is 0.672. The number of nitro groups is 1. The zero-order chi connectivity index (χ0) is 15.7.